The van der Waals surface area contributed by atoms with Crippen molar-refractivity contribution in [2.24, 2.45) is 5.10 Å². The lowest BCUT2D eigenvalue weighted by Crippen LogP contribution is -2.26. The standard InChI is InChI=1S/C23H23N3O4S2/c1-3-32(28,29)25-18-10-6-16(7-11-18)20-15-21(17-8-12-19(30-2)13-9-17)26(24-20)23(27)22-5-4-14-31-22/h4-14,21,25H,3,15H2,1-2H3/t21-/m0/s1. The smallest absolute Gasteiger partial charge is 0.284 e. The van der Waals surface area contributed by atoms with Crippen LogP contribution in [-0.4, -0.2) is 37.9 Å². The lowest BCUT2D eigenvalue weighted by molar-refractivity contribution is 0.0716. The van der Waals surface area contributed by atoms with Gasteiger partial charge in [0.1, 0.15) is 5.75 Å². The quantitative estimate of drug-likeness (QED) is 0.551. The first kappa shape index (κ1) is 22.0. The van der Waals surface area contributed by atoms with Gasteiger partial charge in [-0.25, -0.2) is 13.4 Å². The molecule has 1 N–H and O–H groups in total. The van der Waals surface area contributed by atoms with Gasteiger partial charge in [-0.3, -0.25) is 9.52 Å². The fourth-order valence-electron chi connectivity index (χ4n) is 3.45. The molecule has 4 rings (SSSR count). The summed E-state index contributed by atoms with van der Waals surface area (Å²) in [6, 6.07) is 18.1. The Labute approximate surface area is 191 Å². The highest BCUT2D eigenvalue weighted by atomic mass is 32.2. The van der Waals surface area contributed by atoms with E-state index in [0.29, 0.717) is 17.0 Å². The molecule has 0 bridgehead atoms. The molecule has 0 saturated carbocycles. The van der Waals surface area contributed by atoms with E-state index in [4.69, 9.17) is 4.74 Å². The van der Waals surface area contributed by atoms with Gasteiger partial charge < -0.3 is 4.74 Å². The zero-order valence-electron chi connectivity index (χ0n) is 17.7. The van der Waals surface area contributed by atoms with Crippen molar-refractivity contribution in [3.8, 4) is 5.75 Å². The van der Waals surface area contributed by atoms with E-state index in [9.17, 15) is 13.2 Å². The summed E-state index contributed by atoms with van der Waals surface area (Å²) >= 11 is 1.38. The number of sulfonamides is 1. The Morgan fingerprint density at radius 2 is 1.88 bits per heavy atom. The van der Waals surface area contributed by atoms with Gasteiger partial charge in [0.2, 0.25) is 10.0 Å². The topological polar surface area (TPSA) is 88.1 Å². The predicted octanol–water partition coefficient (Wildman–Crippen LogP) is 4.51. The summed E-state index contributed by atoms with van der Waals surface area (Å²) in [4.78, 5) is 13.8. The van der Waals surface area contributed by atoms with E-state index < -0.39 is 10.0 Å². The van der Waals surface area contributed by atoms with E-state index in [2.05, 4.69) is 9.82 Å². The van der Waals surface area contributed by atoms with Crippen molar-refractivity contribution in [1.29, 1.82) is 0 Å². The van der Waals surface area contributed by atoms with Crippen molar-refractivity contribution in [2.75, 3.05) is 17.6 Å². The van der Waals surface area contributed by atoms with Crippen molar-refractivity contribution in [1.82, 2.24) is 5.01 Å². The van der Waals surface area contributed by atoms with Crippen LogP contribution in [0.15, 0.2) is 71.1 Å². The lowest BCUT2D eigenvalue weighted by atomic mass is 9.98. The summed E-state index contributed by atoms with van der Waals surface area (Å²) in [5.41, 5.74) is 3.05. The summed E-state index contributed by atoms with van der Waals surface area (Å²) in [7, 11) is -1.73. The summed E-state index contributed by atoms with van der Waals surface area (Å²) in [6.45, 7) is 1.59. The highest BCUT2D eigenvalue weighted by Crippen LogP contribution is 2.35. The van der Waals surface area contributed by atoms with Gasteiger partial charge in [0.05, 0.1) is 29.5 Å². The van der Waals surface area contributed by atoms with Gasteiger partial charge in [-0.05, 0) is 53.8 Å². The van der Waals surface area contributed by atoms with Crippen molar-refractivity contribution >= 4 is 38.7 Å². The molecule has 1 amide bonds. The first-order valence-electron chi connectivity index (χ1n) is 10.1. The largest absolute Gasteiger partial charge is 0.497 e. The fraction of sp³-hybridized carbons (Fsp3) is 0.217. The van der Waals surface area contributed by atoms with Crippen LogP contribution in [0.1, 0.15) is 40.2 Å². The number of amides is 1. The van der Waals surface area contributed by atoms with Gasteiger partial charge in [-0.15, -0.1) is 11.3 Å². The van der Waals surface area contributed by atoms with Crippen LogP contribution >= 0.6 is 11.3 Å². The molecule has 0 radical (unpaired) electrons. The molecule has 3 aromatic rings. The van der Waals surface area contributed by atoms with Gasteiger partial charge in [0.25, 0.3) is 5.91 Å². The number of hydrogen-bond donors (Lipinski definition) is 1. The van der Waals surface area contributed by atoms with E-state index in [1.807, 2.05) is 47.8 Å². The number of ether oxygens (including phenoxy) is 1. The second-order valence-electron chi connectivity index (χ2n) is 7.25. The third-order valence-electron chi connectivity index (χ3n) is 5.22. The third-order valence-corrected chi connectivity index (χ3v) is 7.39. The molecule has 0 aliphatic carbocycles. The Kier molecular flexibility index (Phi) is 6.29. The molecule has 0 unspecified atom stereocenters. The Hall–Kier alpha value is -3.17. The van der Waals surface area contributed by atoms with Crippen LogP contribution < -0.4 is 9.46 Å². The number of anilines is 1. The maximum absolute atomic E-state index is 13.2. The molecule has 0 saturated heterocycles. The number of methoxy groups -OCH3 is 1. The van der Waals surface area contributed by atoms with Crippen molar-refractivity contribution in [3.05, 3.63) is 82.0 Å². The maximum atomic E-state index is 13.2. The molecule has 1 aromatic heterocycles. The molecule has 1 aliphatic heterocycles. The highest BCUT2D eigenvalue weighted by Gasteiger charge is 2.34. The number of nitrogens with zero attached hydrogens (tertiary/aromatic N) is 2. The van der Waals surface area contributed by atoms with Crippen LogP contribution in [0.25, 0.3) is 0 Å². The number of thiophene rings is 1. The first-order chi connectivity index (χ1) is 15.4. The molecule has 0 fully saturated rings. The number of carbonyl (C=O) groups excluding carboxylic acids is 1. The highest BCUT2D eigenvalue weighted by molar-refractivity contribution is 7.92. The molecule has 2 heterocycles. The minimum atomic E-state index is -3.34. The van der Waals surface area contributed by atoms with E-state index in [1.54, 1.807) is 32.2 Å². The molecular formula is C23H23N3O4S2. The van der Waals surface area contributed by atoms with Gasteiger partial charge in [-0.1, -0.05) is 30.3 Å². The minimum absolute atomic E-state index is 0.00475. The van der Waals surface area contributed by atoms with Crippen LogP contribution in [0.2, 0.25) is 0 Å². The Morgan fingerprint density at radius 3 is 2.47 bits per heavy atom. The van der Waals surface area contributed by atoms with E-state index in [1.165, 1.54) is 16.3 Å². The van der Waals surface area contributed by atoms with Crippen LogP contribution in [0.5, 0.6) is 5.75 Å². The minimum Gasteiger partial charge on any atom is -0.497 e. The molecule has 1 aliphatic rings. The van der Waals surface area contributed by atoms with Gasteiger partial charge >= 0.3 is 0 Å². The van der Waals surface area contributed by atoms with Crippen LogP contribution in [0.4, 0.5) is 5.69 Å². The van der Waals surface area contributed by atoms with Crippen LogP contribution in [0, 0.1) is 0 Å². The van der Waals surface area contributed by atoms with Crippen molar-refractivity contribution in [2.45, 2.75) is 19.4 Å². The molecule has 9 heteroatoms. The Balaban J connectivity index is 1.63. The molecule has 1 atom stereocenters. The second-order valence-corrected chi connectivity index (χ2v) is 10.2. The Morgan fingerprint density at radius 1 is 1.16 bits per heavy atom. The zero-order valence-corrected chi connectivity index (χ0v) is 19.3. The number of carbonyl (C=O) groups is 1. The molecule has 166 valence electrons. The Bertz CT molecular complexity index is 1220. The number of hydrazone groups is 1. The second kappa shape index (κ2) is 9.13. The van der Waals surface area contributed by atoms with Crippen molar-refractivity contribution in [3.63, 3.8) is 0 Å². The number of hydrogen-bond acceptors (Lipinski definition) is 6. The predicted molar refractivity (Wildman–Crippen MR) is 127 cm³/mol. The van der Waals surface area contributed by atoms with Gasteiger partial charge in [0.15, 0.2) is 0 Å². The zero-order chi connectivity index (χ0) is 22.7. The molecule has 32 heavy (non-hydrogen) atoms. The number of rotatable bonds is 7. The van der Waals surface area contributed by atoms with Crippen LogP contribution in [-0.2, 0) is 10.0 Å². The summed E-state index contributed by atoms with van der Waals surface area (Å²) in [5, 5.41) is 8.08. The summed E-state index contributed by atoms with van der Waals surface area (Å²) in [5.74, 6) is 0.599. The molecule has 0 spiro atoms. The monoisotopic (exact) mass is 469 g/mol. The van der Waals surface area contributed by atoms with Gasteiger partial charge in [0, 0.05) is 12.1 Å². The molecule has 7 nitrogen and oxygen atoms in total. The molecule has 2 aromatic carbocycles. The number of nitrogens with one attached hydrogen (secondary N) is 1. The van der Waals surface area contributed by atoms with E-state index >= 15 is 0 Å². The van der Waals surface area contributed by atoms with Crippen LogP contribution in [0.3, 0.4) is 0 Å². The normalized spacial score (nSPS) is 16.0. The SMILES string of the molecule is CCS(=O)(=O)Nc1ccc(C2=NN(C(=O)c3cccs3)[C@H](c3ccc(OC)cc3)C2)cc1. The first-order valence-corrected chi connectivity index (χ1v) is 12.6. The lowest BCUT2D eigenvalue weighted by Gasteiger charge is -2.21. The number of benzene rings is 2. The van der Waals surface area contributed by atoms with E-state index in [0.717, 1.165) is 22.6 Å². The summed E-state index contributed by atoms with van der Waals surface area (Å²) < 4.78 is 31.4. The average molecular weight is 470 g/mol. The fourth-order valence-corrected chi connectivity index (χ4v) is 4.75. The third kappa shape index (κ3) is 4.68. The molecular weight excluding hydrogens is 446 g/mol. The van der Waals surface area contributed by atoms with Crippen molar-refractivity contribution < 1.29 is 17.9 Å². The summed E-state index contributed by atoms with van der Waals surface area (Å²) in [6.07, 6.45) is 0.545. The van der Waals surface area contributed by atoms with Gasteiger partial charge in [-0.2, -0.15) is 5.10 Å². The maximum Gasteiger partial charge on any atom is 0.284 e. The van der Waals surface area contributed by atoms with E-state index in [-0.39, 0.29) is 17.7 Å². The average Bonchev–Trinajstić information content (AvgIpc) is 3.50.